The Morgan fingerprint density at radius 2 is 2.40 bits per heavy atom. The van der Waals surface area contributed by atoms with Crippen molar-refractivity contribution in [3.05, 3.63) is 29.8 Å². The largest absolute Gasteiger partial charge is 0.461 e. The van der Waals surface area contributed by atoms with E-state index in [1.54, 1.807) is 6.26 Å². The highest BCUT2D eigenvalue weighted by atomic mass is 16.3. The summed E-state index contributed by atoms with van der Waals surface area (Å²) in [5.74, 6) is 1.49. The van der Waals surface area contributed by atoms with Gasteiger partial charge in [-0.2, -0.15) is 5.26 Å². The van der Waals surface area contributed by atoms with Crippen LogP contribution in [0.3, 0.4) is 0 Å². The molecular weight excluding hydrogens is 190 g/mol. The minimum Gasteiger partial charge on any atom is -0.461 e. The normalized spacial score (nSPS) is 10.2. The van der Waals surface area contributed by atoms with Crippen LogP contribution in [0.1, 0.15) is 11.4 Å². The van der Waals surface area contributed by atoms with Crippen molar-refractivity contribution in [2.75, 3.05) is 0 Å². The maximum absolute atomic E-state index is 8.65. The van der Waals surface area contributed by atoms with Gasteiger partial charge in [-0.1, -0.05) is 0 Å². The standard InChI is InChI=1S/C11H11N3O/c1-8-9(5-6-12)13-11(14(8)2)10-4-3-7-15-10/h3-4,7H,5H2,1-2H3. The first-order valence-electron chi connectivity index (χ1n) is 4.67. The first-order chi connectivity index (χ1) is 7.24. The summed E-state index contributed by atoms with van der Waals surface area (Å²) in [5.41, 5.74) is 1.81. The SMILES string of the molecule is Cc1c(CC#N)nc(-c2ccco2)n1C. The molecule has 4 nitrogen and oxygen atoms in total. The van der Waals surface area contributed by atoms with Gasteiger partial charge in [0.25, 0.3) is 0 Å². The lowest BCUT2D eigenvalue weighted by atomic mass is 10.3. The van der Waals surface area contributed by atoms with Crippen molar-refractivity contribution in [1.29, 1.82) is 5.26 Å². The Balaban J connectivity index is 2.51. The molecule has 0 saturated carbocycles. The fourth-order valence-electron chi connectivity index (χ4n) is 1.50. The Kier molecular flexibility index (Phi) is 2.30. The van der Waals surface area contributed by atoms with Gasteiger partial charge < -0.3 is 8.98 Å². The molecule has 15 heavy (non-hydrogen) atoms. The van der Waals surface area contributed by atoms with E-state index in [0.717, 1.165) is 23.0 Å². The van der Waals surface area contributed by atoms with E-state index in [1.807, 2.05) is 30.7 Å². The summed E-state index contributed by atoms with van der Waals surface area (Å²) >= 11 is 0. The summed E-state index contributed by atoms with van der Waals surface area (Å²) in [5, 5.41) is 8.65. The third-order valence-electron chi connectivity index (χ3n) is 2.47. The molecule has 0 radical (unpaired) electrons. The summed E-state index contributed by atoms with van der Waals surface area (Å²) in [4.78, 5) is 4.39. The molecule has 0 fully saturated rings. The molecule has 0 unspecified atom stereocenters. The topological polar surface area (TPSA) is 54.8 Å². The predicted octanol–water partition coefficient (Wildman–Crippen LogP) is 2.05. The quantitative estimate of drug-likeness (QED) is 0.747. The van der Waals surface area contributed by atoms with Gasteiger partial charge in [-0.05, 0) is 19.1 Å². The number of nitriles is 1. The maximum atomic E-state index is 8.65. The maximum Gasteiger partial charge on any atom is 0.176 e. The molecule has 0 aromatic carbocycles. The summed E-state index contributed by atoms with van der Waals surface area (Å²) in [6.45, 7) is 1.95. The molecule has 0 aliphatic carbocycles. The van der Waals surface area contributed by atoms with Gasteiger partial charge >= 0.3 is 0 Å². The second kappa shape index (κ2) is 3.62. The van der Waals surface area contributed by atoms with Gasteiger partial charge in [0.1, 0.15) is 0 Å². The highest BCUT2D eigenvalue weighted by Crippen LogP contribution is 2.21. The van der Waals surface area contributed by atoms with E-state index in [4.69, 9.17) is 9.68 Å². The number of imidazole rings is 1. The average Bonchev–Trinajstić information content (AvgIpc) is 2.82. The van der Waals surface area contributed by atoms with Crippen LogP contribution >= 0.6 is 0 Å². The molecular formula is C11H11N3O. The van der Waals surface area contributed by atoms with Gasteiger partial charge in [-0.25, -0.2) is 4.98 Å². The van der Waals surface area contributed by atoms with Crippen molar-refractivity contribution in [3.8, 4) is 17.7 Å². The van der Waals surface area contributed by atoms with E-state index >= 15 is 0 Å². The zero-order valence-electron chi connectivity index (χ0n) is 8.69. The van der Waals surface area contributed by atoms with Crippen LogP contribution in [0.15, 0.2) is 22.8 Å². The van der Waals surface area contributed by atoms with E-state index in [2.05, 4.69) is 11.1 Å². The fourth-order valence-corrected chi connectivity index (χ4v) is 1.50. The number of hydrogen-bond donors (Lipinski definition) is 0. The predicted molar refractivity (Wildman–Crippen MR) is 55.0 cm³/mol. The molecule has 0 N–H and O–H groups in total. The number of nitrogens with zero attached hydrogens (tertiary/aromatic N) is 3. The van der Waals surface area contributed by atoms with Crippen molar-refractivity contribution in [1.82, 2.24) is 9.55 Å². The van der Waals surface area contributed by atoms with E-state index in [-0.39, 0.29) is 0 Å². The average molecular weight is 201 g/mol. The second-order valence-electron chi connectivity index (χ2n) is 3.34. The van der Waals surface area contributed by atoms with Crippen LogP contribution in [0.5, 0.6) is 0 Å². The molecule has 0 bridgehead atoms. The van der Waals surface area contributed by atoms with Crippen molar-refractivity contribution >= 4 is 0 Å². The Hall–Kier alpha value is -2.02. The molecule has 0 aliphatic heterocycles. The van der Waals surface area contributed by atoms with E-state index < -0.39 is 0 Å². The minimum atomic E-state index is 0.334. The van der Waals surface area contributed by atoms with Crippen LogP contribution in [0.25, 0.3) is 11.6 Å². The van der Waals surface area contributed by atoms with E-state index in [0.29, 0.717) is 6.42 Å². The van der Waals surface area contributed by atoms with E-state index in [1.165, 1.54) is 0 Å². The molecule has 2 aromatic heterocycles. The highest BCUT2D eigenvalue weighted by molar-refractivity contribution is 5.49. The summed E-state index contributed by atoms with van der Waals surface area (Å²) in [6.07, 6.45) is 1.95. The Bertz CT molecular complexity index is 503. The van der Waals surface area contributed by atoms with Gasteiger partial charge in [0.15, 0.2) is 11.6 Å². The molecule has 0 atom stereocenters. The molecule has 0 spiro atoms. The number of aromatic nitrogens is 2. The van der Waals surface area contributed by atoms with E-state index in [9.17, 15) is 0 Å². The van der Waals surface area contributed by atoms with Crippen molar-refractivity contribution < 1.29 is 4.42 Å². The summed E-state index contributed by atoms with van der Waals surface area (Å²) in [6, 6.07) is 5.79. The zero-order chi connectivity index (χ0) is 10.8. The third kappa shape index (κ3) is 1.52. The lowest BCUT2D eigenvalue weighted by Crippen LogP contribution is -1.94. The Morgan fingerprint density at radius 3 is 3.00 bits per heavy atom. The van der Waals surface area contributed by atoms with Gasteiger partial charge in [0.2, 0.25) is 0 Å². The van der Waals surface area contributed by atoms with Crippen LogP contribution in [0.2, 0.25) is 0 Å². The summed E-state index contributed by atoms with van der Waals surface area (Å²) in [7, 11) is 1.92. The smallest absolute Gasteiger partial charge is 0.176 e. The second-order valence-corrected chi connectivity index (χ2v) is 3.34. The first kappa shape index (κ1) is 9.53. The molecule has 2 heterocycles. The van der Waals surface area contributed by atoms with Crippen LogP contribution in [-0.4, -0.2) is 9.55 Å². The van der Waals surface area contributed by atoms with Crippen LogP contribution < -0.4 is 0 Å². The molecule has 2 rings (SSSR count). The van der Waals surface area contributed by atoms with Gasteiger partial charge in [0, 0.05) is 12.7 Å². The minimum absolute atomic E-state index is 0.334. The highest BCUT2D eigenvalue weighted by Gasteiger charge is 2.13. The molecule has 0 saturated heterocycles. The number of furan rings is 1. The van der Waals surface area contributed by atoms with Crippen LogP contribution in [-0.2, 0) is 13.5 Å². The number of rotatable bonds is 2. The van der Waals surface area contributed by atoms with Crippen molar-refractivity contribution in [2.45, 2.75) is 13.3 Å². The lowest BCUT2D eigenvalue weighted by Gasteiger charge is -1.98. The van der Waals surface area contributed by atoms with Gasteiger partial charge in [0.05, 0.1) is 24.4 Å². The molecule has 4 heteroatoms. The van der Waals surface area contributed by atoms with Gasteiger partial charge in [-0.15, -0.1) is 0 Å². The summed E-state index contributed by atoms with van der Waals surface area (Å²) < 4.78 is 7.22. The van der Waals surface area contributed by atoms with Crippen molar-refractivity contribution in [3.63, 3.8) is 0 Å². The molecule has 0 amide bonds. The Labute approximate surface area is 87.8 Å². The number of hydrogen-bond acceptors (Lipinski definition) is 3. The third-order valence-corrected chi connectivity index (χ3v) is 2.47. The van der Waals surface area contributed by atoms with Crippen molar-refractivity contribution in [2.24, 2.45) is 7.05 Å². The molecule has 76 valence electrons. The van der Waals surface area contributed by atoms with Gasteiger partial charge in [-0.3, -0.25) is 0 Å². The van der Waals surface area contributed by atoms with Crippen LogP contribution in [0, 0.1) is 18.3 Å². The zero-order valence-corrected chi connectivity index (χ0v) is 8.69. The lowest BCUT2D eigenvalue weighted by molar-refractivity contribution is 0.573. The monoisotopic (exact) mass is 201 g/mol. The first-order valence-corrected chi connectivity index (χ1v) is 4.67. The molecule has 2 aromatic rings. The van der Waals surface area contributed by atoms with Crippen LogP contribution in [0.4, 0.5) is 0 Å². The molecule has 0 aliphatic rings. The Morgan fingerprint density at radius 1 is 1.60 bits per heavy atom. The fraction of sp³-hybridized carbons (Fsp3) is 0.273.